The summed E-state index contributed by atoms with van der Waals surface area (Å²) in [7, 11) is 0. The predicted octanol–water partition coefficient (Wildman–Crippen LogP) is 4.38. The Labute approximate surface area is 309 Å². The lowest BCUT2D eigenvalue weighted by Gasteiger charge is -2.39. The summed E-state index contributed by atoms with van der Waals surface area (Å²) >= 11 is 0. The highest BCUT2D eigenvalue weighted by Crippen LogP contribution is 2.40. The summed E-state index contributed by atoms with van der Waals surface area (Å²) in [5, 5.41) is 12.5. The van der Waals surface area contributed by atoms with Gasteiger partial charge in [0.15, 0.2) is 0 Å². The summed E-state index contributed by atoms with van der Waals surface area (Å²) in [6.45, 7) is 7.67. The molecule has 2 N–H and O–H groups in total. The van der Waals surface area contributed by atoms with Crippen LogP contribution >= 0.6 is 0 Å². The maximum absolute atomic E-state index is 13.1. The molecule has 8 rings (SSSR count). The van der Waals surface area contributed by atoms with E-state index in [1.807, 2.05) is 24.3 Å². The largest absolute Gasteiger partial charge is 0.508 e. The van der Waals surface area contributed by atoms with Crippen LogP contribution in [0.3, 0.4) is 0 Å². The number of benzene rings is 4. The van der Waals surface area contributed by atoms with Crippen molar-refractivity contribution in [1.82, 2.24) is 20.0 Å². The number of piperidine rings is 1. The maximum atomic E-state index is 13.1. The van der Waals surface area contributed by atoms with E-state index in [2.05, 4.69) is 74.6 Å². The van der Waals surface area contributed by atoms with Crippen LogP contribution in [0.1, 0.15) is 51.5 Å². The number of carbonyl (C=O) groups is 3. The molecular formula is C42H45N5O6. The number of phenolic OH excluding ortho intramolecular Hbond substituents is 1. The van der Waals surface area contributed by atoms with Gasteiger partial charge in [-0.3, -0.25) is 29.5 Å². The molecule has 0 saturated carbocycles. The van der Waals surface area contributed by atoms with E-state index in [9.17, 15) is 19.5 Å². The van der Waals surface area contributed by atoms with Crippen molar-refractivity contribution in [3.05, 3.63) is 119 Å². The maximum Gasteiger partial charge on any atom is 0.255 e. The zero-order valence-corrected chi connectivity index (χ0v) is 29.8. The number of hydrogen-bond acceptors (Lipinski definition) is 9. The van der Waals surface area contributed by atoms with Gasteiger partial charge >= 0.3 is 0 Å². The molecule has 274 valence electrons. The molecular weight excluding hydrogens is 670 g/mol. The van der Waals surface area contributed by atoms with Crippen LogP contribution in [-0.2, 0) is 22.6 Å². The molecule has 11 heteroatoms. The second kappa shape index (κ2) is 15.3. The molecule has 0 aliphatic carbocycles. The molecule has 2 saturated heterocycles. The van der Waals surface area contributed by atoms with Gasteiger partial charge in [0.25, 0.3) is 5.91 Å². The molecule has 2 fully saturated rings. The van der Waals surface area contributed by atoms with Gasteiger partial charge in [-0.05, 0) is 78.1 Å². The first-order valence-corrected chi connectivity index (χ1v) is 18.6. The third-order valence-electron chi connectivity index (χ3n) is 11.0. The van der Waals surface area contributed by atoms with Crippen molar-refractivity contribution in [2.45, 2.75) is 37.9 Å². The van der Waals surface area contributed by atoms with Crippen LogP contribution in [0.15, 0.2) is 91.0 Å². The van der Waals surface area contributed by atoms with E-state index in [1.165, 1.54) is 22.4 Å². The Balaban J connectivity index is 0.794. The predicted molar refractivity (Wildman–Crippen MR) is 200 cm³/mol. The molecule has 0 aromatic heterocycles. The van der Waals surface area contributed by atoms with Crippen molar-refractivity contribution in [2.24, 2.45) is 0 Å². The molecule has 4 aliphatic rings. The fourth-order valence-corrected chi connectivity index (χ4v) is 8.12. The van der Waals surface area contributed by atoms with E-state index in [0.29, 0.717) is 43.2 Å². The van der Waals surface area contributed by atoms with E-state index in [-0.39, 0.29) is 24.3 Å². The van der Waals surface area contributed by atoms with Gasteiger partial charge in [0.2, 0.25) is 11.8 Å². The molecule has 4 heterocycles. The van der Waals surface area contributed by atoms with Crippen LogP contribution in [0.25, 0.3) is 0 Å². The molecule has 3 amide bonds. The number of rotatable bonds is 11. The van der Waals surface area contributed by atoms with Gasteiger partial charge in [0.05, 0.1) is 12.6 Å². The minimum absolute atomic E-state index is 0.0468. The van der Waals surface area contributed by atoms with E-state index in [0.717, 1.165) is 63.5 Å². The fourth-order valence-electron chi connectivity index (χ4n) is 8.12. The number of amides is 3. The molecule has 11 nitrogen and oxygen atoms in total. The summed E-state index contributed by atoms with van der Waals surface area (Å²) in [4.78, 5) is 46.0. The molecule has 4 aromatic carbocycles. The van der Waals surface area contributed by atoms with E-state index in [4.69, 9.17) is 9.47 Å². The van der Waals surface area contributed by atoms with Gasteiger partial charge in [-0.1, -0.05) is 42.5 Å². The first-order chi connectivity index (χ1) is 25.9. The molecule has 0 spiro atoms. The van der Waals surface area contributed by atoms with Gasteiger partial charge in [0.1, 0.15) is 36.5 Å². The third kappa shape index (κ3) is 7.45. The number of para-hydroxylation sites is 1. The van der Waals surface area contributed by atoms with Crippen molar-refractivity contribution in [2.75, 3.05) is 63.9 Å². The van der Waals surface area contributed by atoms with Crippen LogP contribution in [0.2, 0.25) is 0 Å². The smallest absolute Gasteiger partial charge is 0.255 e. The minimum atomic E-state index is -0.642. The molecule has 2 unspecified atom stereocenters. The highest BCUT2D eigenvalue weighted by atomic mass is 16.5. The first kappa shape index (κ1) is 34.7. The number of imide groups is 1. The van der Waals surface area contributed by atoms with Gasteiger partial charge in [-0.2, -0.15) is 0 Å². The highest BCUT2D eigenvalue weighted by Gasteiger charge is 2.40. The Morgan fingerprint density at radius 2 is 1.47 bits per heavy atom. The summed E-state index contributed by atoms with van der Waals surface area (Å²) in [5.41, 5.74) is 6.14. The highest BCUT2D eigenvalue weighted by molar-refractivity contribution is 6.05. The van der Waals surface area contributed by atoms with Crippen LogP contribution in [0.5, 0.6) is 17.2 Å². The Kier molecular flexibility index (Phi) is 10.0. The van der Waals surface area contributed by atoms with Gasteiger partial charge in [-0.25, -0.2) is 0 Å². The van der Waals surface area contributed by atoms with E-state index < -0.39 is 11.9 Å². The van der Waals surface area contributed by atoms with Crippen molar-refractivity contribution >= 4 is 23.4 Å². The Morgan fingerprint density at radius 3 is 2.21 bits per heavy atom. The van der Waals surface area contributed by atoms with Gasteiger partial charge < -0.3 is 24.4 Å². The Hall–Kier alpha value is -5.39. The SMILES string of the molecule is O=C1CCC(N2Cc3c(OCCN4CCN(CCOc5ccc(C6c7ccc(O)cc7CCN6c6ccccc6)cc5)CC4)cccc3C2=O)C(=O)N1. The number of aromatic hydroxyl groups is 1. The summed E-state index contributed by atoms with van der Waals surface area (Å²) < 4.78 is 12.4. The lowest BCUT2D eigenvalue weighted by atomic mass is 9.87. The van der Waals surface area contributed by atoms with E-state index >= 15 is 0 Å². The lowest BCUT2D eigenvalue weighted by Crippen LogP contribution is -2.52. The van der Waals surface area contributed by atoms with Crippen molar-refractivity contribution in [3.63, 3.8) is 0 Å². The van der Waals surface area contributed by atoms with E-state index in [1.54, 1.807) is 17.0 Å². The summed E-state index contributed by atoms with van der Waals surface area (Å²) in [5.74, 6) is 0.935. The number of anilines is 1. The summed E-state index contributed by atoms with van der Waals surface area (Å²) in [6, 6.07) is 29.6. The van der Waals surface area contributed by atoms with Crippen molar-refractivity contribution in [3.8, 4) is 17.2 Å². The van der Waals surface area contributed by atoms with Crippen LogP contribution in [0.4, 0.5) is 5.69 Å². The number of piperazine rings is 1. The molecule has 0 radical (unpaired) electrons. The molecule has 4 aromatic rings. The van der Waals surface area contributed by atoms with Crippen LogP contribution in [-0.4, -0.2) is 103 Å². The molecule has 53 heavy (non-hydrogen) atoms. The Bertz CT molecular complexity index is 1960. The first-order valence-electron chi connectivity index (χ1n) is 18.6. The average molecular weight is 716 g/mol. The minimum Gasteiger partial charge on any atom is -0.508 e. The standard InChI is InChI=1S/C42H45N5O6/c48-32-11-14-34-30(27-32)17-18-46(31-5-2-1-3-6-31)40(34)29-9-12-33(13-10-29)52-25-23-44-19-21-45(22-20-44)24-26-53-38-8-4-7-35-36(38)28-47(42(35)51)37-15-16-39(49)43-41(37)50/h1-14,27,37,40,48H,15-26,28H2,(H,43,49,50). The summed E-state index contributed by atoms with van der Waals surface area (Å²) in [6.07, 6.45) is 1.45. The second-order valence-corrected chi connectivity index (χ2v) is 14.2. The number of carbonyl (C=O) groups excluding carboxylic acids is 3. The second-order valence-electron chi connectivity index (χ2n) is 14.2. The molecule has 0 bridgehead atoms. The molecule has 2 atom stereocenters. The molecule has 4 aliphatic heterocycles. The number of nitrogens with zero attached hydrogens (tertiary/aromatic N) is 4. The number of nitrogens with one attached hydrogen (secondary N) is 1. The normalized spacial score (nSPS) is 20.6. The van der Waals surface area contributed by atoms with Gasteiger partial charge in [-0.15, -0.1) is 0 Å². The number of ether oxygens (including phenoxy) is 2. The Morgan fingerprint density at radius 1 is 0.736 bits per heavy atom. The lowest BCUT2D eigenvalue weighted by molar-refractivity contribution is -0.136. The number of fused-ring (bicyclic) bond motifs is 2. The van der Waals surface area contributed by atoms with Crippen LogP contribution in [0, 0.1) is 0 Å². The average Bonchev–Trinajstić information content (AvgIpc) is 3.52. The van der Waals surface area contributed by atoms with Gasteiger partial charge in [0, 0.05) is 69.0 Å². The van der Waals surface area contributed by atoms with Crippen molar-refractivity contribution in [1.29, 1.82) is 0 Å². The number of hydrogen-bond donors (Lipinski definition) is 2. The third-order valence-corrected chi connectivity index (χ3v) is 11.0. The number of phenols is 1. The zero-order chi connectivity index (χ0) is 36.3. The monoisotopic (exact) mass is 715 g/mol. The topological polar surface area (TPSA) is 115 Å². The van der Waals surface area contributed by atoms with Crippen LogP contribution < -0.4 is 19.7 Å². The van der Waals surface area contributed by atoms with Crippen molar-refractivity contribution < 1.29 is 29.0 Å². The fraction of sp³-hybridized carbons (Fsp3) is 0.357. The zero-order valence-electron chi connectivity index (χ0n) is 29.8. The quantitative estimate of drug-likeness (QED) is 0.219.